The average Bonchev–Trinajstić information content (AvgIpc) is 1.51. The topological polar surface area (TPSA) is 64.0 Å². The second kappa shape index (κ2) is 27.1. The molecule has 124 heavy (non-hydrogen) atoms. The van der Waals surface area contributed by atoms with Crippen LogP contribution in [0, 0.1) is 0 Å². The number of hydrogen-bond acceptors (Lipinski definition) is 6. The molecule has 0 spiro atoms. The summed E-state index contributed by atoms with van der Waals surface area (Å²) in [4.78, 5) is 5.01. The quantitative estimate of drug-likeness (QED) is 0.127. The fourth-order valence-electron chi connectivity index (χ4n) is 20.1. The molecule has 23 aromatic rings. The molecule has 586 valence electrons. The smallest absolute Gasteiger partial charge is 0.252 e. The minimum atomic E-state index is -0.660. The van der Waals surface area contributed by atoms with Crippen LogP contribution in [0.3, 0.4) is 0 Å². The van der Waals surface area contributed by atoms with Crippen molar-refractivity contribution in [3.8, 4) is 83.6 Å². The van der Waals surface area contributed by atoms with Crippen LogP contribution in [-0.2, 0) is 10.8 Å². The molecule has 18 aromatic carbocycles. The molecule has 0 saturated heterocycles. The number of rotatable bonds is 10. The van der Waals surface area contributed by atoms with Crippen LogP contribution in [0.2, 0.25) is 0 Å². The fraction of sp³-hybridized carbons (Fsp3) is 0.0690. The summed E-state index contributed by atoms with van der Waals surface area (Å²) in [5, 5.41) is 7.73. The van der Waals surface area contributed by atoms with Crippen LogP contribution < -0.4 is 26.2 Å². The first-order valence-electron chi connectivity index (χ1n) is 46.0. The number of fused-ring (bicyclic) bond motifs is 19. The Morgan fingerprint density at radius 3 is 1.32 bits per heavy atom. The number of anilines is 6. The largest absolute Gasteiger partial charge is 0.456 e. The number of hydrogen-bond donors (Lipinski definition) is 0. The zero-order valence-electron chi connectivity index (χ0n) is 75.8. The van der Waals surface area contributed by atoms with E-state index in [1.54, 1.807) is 4.57 Å². The van der Waals surface area contributed by atoms with Crippen molar-refractivity contribution in [1.82, 2.24) is 4.57 Å². The Balaban J connectivity index is 0.887. The first-order valence-corrected chi connectivity index (χ1v) is 42.5. The number of nitrogens with zero attached hydrogens (tertiary/aromatic N) is 3. The Kier molecular flexibility index (Phi) is 14.1. The lowest BCUT2D eigenvalue weighted by atomic mass is 9.33. The van der Waals surface area contributed by atoms with E-state index in [0.717, 1.165) is 194 Å². The van der Waals surface area contributed by atoms with E-state index >= 15 is 0 Å². The van der Waals surface area contributed by atoms with Crippen molar-refractivity contribution in [3.63, 3.8) is 0 Å². The summed E-state index contributed by atoms with van der Waals surface area (Å²) in [6.45, 7) is 12.9. The van der Waals surface area contributed by atoms with Crippen LogP contribution in [0.1, 0.15) is 62.3 Å². The second-order valence-electron chi connectivity index (χ2n) is 35.2. The number of benzene rings is 18. The maximum Gasteiger partial charge on any atom is 0.252 e. The Bertz CT molecular complexity index is 8840. The summed E-state index contributed by atoms with van der Waals surface area (Å²) in [5.41, 5.74) is 27.7. The van der Waals surface area contributed by atoms with Gasteiger partial charge in [-0.05, 0) is 197 Å². The lowest BCUT2D eigenvalue weighted by molar-refractivity contribution is 0.572. The van der Waals surface area contributed by atoms with Gasteiger partial charge in [-0.3, -0.25) is 0 Å². The van der Waals surface area contributed by atoms with Crippen LogP contribution in [0.15, 0.2) is 394 Å². The first kappa shape index (κ1) is 64.5. The molecule has 2 aliphatic rings. The highest BCUT2D eigenvalue weighted by Crippen LogP contribution is 2.58. The maximum atomic E-state index is 10.5. The lowest BCUT2D eigenvalue weighted by Crippen LogP contribution is -2.61. The molecule has 0 unspecified atom stereocenters. The standard InChI is InChI=1S/C116H80BN3O4/c1-115(2,3)91-67-88(74-49-45-72(46-50-74)69-27-10-7-11-28-69)111(108-86-36-19-24-42-103(86)123-113(91)108)119-97-60-55-78(81-38-26-44-105-107(81)85-35-18-23-41-102(85)121-105)62-94(97)117-93-58-56-80(118-95-39-21-16-33-82(95)90-61-76(54-59-96(90)118)71-31-14-9-15-32-71)66-98(93)120(100-64-79(63-99(119)110(100)117)77-53-57-84-83-34-17-22-40-101(83)122-106(84)65-77)112-89(75-51-47-73(48-52-75)70-29-12-8-13-30-70)68-92(116(4,5)6)114-109(112)87-37-20-25-43-104(87)124-114/h7-68H,1-6H3/i16D,21D,33D,39D,54D,59D,61D. The molecule has 0 saturated carbocycles. The molecule has 0 N–H and O–H groups in total. The summed E-state index contributed by atoms with van der Waals surface area (Å²) in [5.74, 6) is 0. The first-order chi connectivity index (χ1) is 63.7. The fourth-order valence-corrected chi connectivity index (χ4v) is 20.1. The summed E-state index contributed by atoms with van der Waals surface area (Å²) in [6.07, 6.45) is 0. The second-order valence-corrected chi connectivity index (χ2v) is 35.2. The zero-order valence-corrected chi connectivity index (χ0v) is 68.8. The van der Waals surface area contributed by atoms with Crippen molar-refractivity contribution in [2.45, 2.75) is 52.4 Å². The van der Waals surface area contributed by atoms with Gasteiger partial charge in [-0.1, -0.05) is 314 Å². The van der Waals surface area contributed by atoms with Crippen LogP contribution in [0.25, 0.3) is 193 Å². The monoisotopic (exact) mass is 1600 g/mol. The third-order valence-corrected chi connectivity index (χ3v) is 25.9. The Morgan fingerprint density at radius 1 is 0.274 bits per heavy atom. The van der Waals surface area contributed by atoms with E-state index < -0.39 is 29.6 Å². The third kappa shape index (κ3) is 10.9. The van der Waals surface area contributed by atoms with Gasteiger partial charge in [-0.25, -0.2) is 0 Å². The predicted molar refractivity (Wildman–Crippen MR) is 519 cm³/mol. The number of para-hydroxylation sites is 5. The van der Waals surface area contributed by atoms with Crippen LogP contribution in [0.5, 0.6) is 0 Å². The van der Waals surface area contributed by atoms with Gasteiger partial charge in [0.1, 0.15) is 44.7 Å². The van der Waals surface area contributed by atoms with Crippen molar-refractivity contribution in [1.29, 1.82) is 0 Å². The third-order valence-electron chi connectivity index (χ3n) is 25.9. The van der Waals surface area contributed by atoms with Gasteiger partial charge in [0.05, 0.1) is 42.8 Å². The lowest BCUT2D eigenvalue weighted by Gasteiger charge is -2.46. The van der Waals surface area contributed by atoms with Gasteiger partial charge in [0.15, 0.2) is 0 Å². The van der Waals surface area contributed by atoms with Gasteiger partial charge in [-0.15, -0.1) is 0 Å². The van der Waals surface area contributed by atoms with Crippen molar-refractivity contribution in [2.24, 2.45) is 0 Å². The molecule has 0 fully saturated rings. The Labute approximate surface area is 727 Å². The highest BCUT2D eigenvalue weighted by Gasteiger charge is 2.47. The van der Waals surface area contributed by atoms with Crippen molar-refractivity contribution >= 4 is 167 Å². The summed E-state index contributed by atoms with van der Waals surface area (Å²) in [7, 11) is 0. The zero-order chi connectivity index (χ0) is 88.6. The minimum absolute atomic E-state index is 0.0631. The maximum absolute atomic E-state index is 10.5. The van der Waals surface area contributed by atoms with Gasteiger partial charge >= 0.3 is 0 Å². The number of aromatic nitrogens is 1. The normalized spacial score (nSPS) is 13.7. The molecule has 7 nitrogen and oxygen atoms in total. The van der Waals surface area contributed by atoms with E-state index in [1.807, 2.05) is 78.9 Å². The summed E-state index contributed by atoms with van der Waals surface area (Å²) < 4.78 is 101. The van der Waals surface area contributed by atoms with Gasteiger partial charge in [0, 0.05) is 93.8 Å². The molecule has 7 heterocycles. The molecule has 0 atom stereocenters. The molecule has 8 heteroatoms. The van der Waals surface area contributed by atoms with Crippen molar-refractivity contribution in [3.05, 3.63) is 387 Å². The summed E-state index contributed by atoms with van der Waals surface area (Å²) >= 11 is 0. The Morgan fingerprint density at radius 2 is 0.734 bits per heavy atom. The van der Waals surface area contributed by atoms with Gasteiger partial charge in [-0.2, -0.15) is 0 Å². The molecule has 2 aliphatic heterocycles. The molecule has 0 aliphatic carbocycles. The van der Waals surface area contributed by atoms with Crippen LogP contribution >= 0.6 is 0 Å². The van der Waals surface area contributed by atoms with E-state index in [2.05, 4.69) is 306 Å². The van der Waals surface area contributed by atoms with E-state index in [9.17, 15) is 9.60 Å². The molecule has 25 rings (SSSR count). The minimum Gasteiger partial charge on any atom is -0.456 e. The van der Waals surface area contributed by atoms with Crippen molar-refractivity contribution < 1.29 is 27.3 Å². The molecule has 0 radical (unpaired) electrons. The number of furan rings is 4. The molecule has 0 bridgehead atoms. The van der Waals surface area contributed by atoms with Gasteiger partial charge < -0.3 is 32.0 Å². The predicted octanol–water partition coefficient (Wildman–Crippen LogP) is 30.7. The Hall–Kier alpha value is -15.4. The van der Waals surface area contributed by atoms with E-state index in [-0.39, 0.29) is 57.6 Å². The van der Waals surface area contributed by atoms with Gasteiger partial charge in [0.2, 0.25) is 0 Å². The highest BCUT2D eigenvalue weighted by molar-refractivity contribution is 7.00. The van der Waals surface area contributed by atoms with E-state index in [1.165, 1.54) is 0 Å². The molecule has 5 aromatic heterocycles. The van der Waals surface area contributed by atoms with Crippen molar-refractivity contribution in [2.75, 3.05) is 9.80 Å². The average molecular weight is 1600 g/mol. The van der Waals surface area contributed by atoms with Gasteiger partial charge in [0.25, 0.3) is 6.71 Å². The SMILES string of the molecule is [2H]c1c([2H])c([2H])c2c(c1[2H])c1c([2H])c(-c3ccccc3)c([2H])c([2H])c1n2-c1ccc2c(c1)N(c1c(-c3ccc(-c4ccccc4)cc3)cc(C(C)(C)C)c3oc4ccccc4c13)c1cc(-c3ccc4c(c3)oc3ccccc34)cc3c1B2c1cc(-c2cccc4oc5ccccc5c24)ccc1N3c1c(-c2ccc(-c3ccccc3)cc2)cc(C(C)(C)C)c2oc3ccccc3c12. The van der Waals surface area contributed by atoms with Crippen LogP contribution in [0.4, 0.5) is 34.1 Å². The molecular weight excluding hydrogens is 1510 g/mol. The van der Waals surface area contributed by atoms with Crippen LogP contribution in [-0.4, -0.2) is 11.3 Å². The molecular formula is C116H80BN3O4. The van der Waals surface area contributed by atoms with E-state index in [0.29, 0.717) is 33.7 Å². The highest BCUT2D eigenvalue weighted by atomic mass is 16.3. The molecule has 0 amide bonds. The van der Waals surface area contributed by atoms with E-state index in [4.69, 9.17) is 17.7 Å². The summed E-state index contributed by atoms with van der Waals surface area (Å²) in [6, 6.07) is 115.